The molecule has 0 spiro atoms. The largest absolute Gasteiger partial charge is 0.378 e. The van der Waals surface area contributed by atoms with Crippen molar-refractivity contribution in [2.45, 2.75) is 57.1 Å². The van der Waals surface area contributed by atoms with Gasteiger partial charge in [-0.05, 0) is 45.1 Å². The molecule has 2 unspecified atom stereocenters. The van der Waals surface area contributed by atoms with Gasteiger partial charge in [0.15, 0.2) is 0 Å². The van der Waals surface area contributed by atoms with E-state index in [2.05, 4.69) is 10.6 Å². The molecule has 0 aromatic rings. The van der Waals surface area contributed by atoms with Gasteiger partial charge in [-0.3, -0.25) is 4.79 Å². The van der Waals surface area contributed by atoms with Gasteiger partial charge in [0.05, 0.1) is 12.1 Å². The maximum Gasteiger partial charge on any atom is 0.237 e. The first-order valence-corrected chi connectivity index (χ1v) is 6.99. The monoisotopic (exact) mass is 276 g/mol. The Morgan fingerprint density at radius 1 is 1.22 bits per heavy atom. The molecule has 5 heteroatoms. The number of ether oxygens (including phenoxy) is 1. The Morgan fingerprint density at radius 2 is 2.06 bits per heavy atom. The molecule has 0 radical (unpaired) electrons. The summed E-state index contributed by atoms with van der Waals surface area (Å²) in [5, 5.41) is 6.28. The molecule has 18 heavy (non-hydrogen) atoms. The number of hydrogen-bond donors (Lipinski definition) is 2. The van der Waals surface area contributed by atoms with Crippen LogP contribution in [0.5, 0.6) is 0 Å². The number of carbonyl (C=O) groups is 1. The third kappa shape index (κ3) is 5.12. The highest BCUT2D eigenvalue weighted by molar-refractivity contribution is 5.85. The first-order chi connectivity index (χ1) is 8.36. The van der Waals surface area contributed by atoms with E-state index in [9.17, 15) is 4.79 Å². The van der Waals surface area contributed by atoms with E-state index in [1.54, 1.807) is 0 Å². The van der Waals surface area contributed by atoms with E-state index in [1.807, 2.05) is 0 Å². The summed E-state index contributed by atoms with van der Waals surface area (Å²) in [4.78, 5) is 11.8. The Labute approximate surface area is 116 Å². The predicted octanol–water partition coefficient (Wildman–Crippen LogP) is 1.63. The van der Waals surface area contributed by atoms with Gasteiger partial charge in [-0.1, -0.05) is 6.42 Å². The van der Waals surface area contributed by atoms with Crippen molar-refractivity contribution >= 4 is 18.3 Å². The standard InChI is InChI=1S/C13H24N2O2.ClH/c16-13(12-6-1-3-8-14-12)15-9-7-11-5-2-4-10-17-11;/h11-12,14H,1-10H2,(H,15,16);1H. The van der Waals surface area contributed by atoms with Crippen LogP contribution in [-0.2, 0) is 9.53 Å². The third-order valence-corrected chi connectivity index (χ3v) is 3.67. The molecule has 2 heterocycles. The maximum atomic E-state index is 11.8. The summed E-state index contributed by atoms with van der Waals surface area (Å²) in [6, 6.07) is 0.0380. The normalized spacial score (nSPS) is 28.2. The average Bonchev–Trinajstić information content (AvgIpc) is 2.41. The van der Waals surface area contributed by atoms with Gasteiger partial charge in [-0.25, -0.2) is 0 Å². The molecule has 0 aromatic carbocycles. The van der Waals surface area contributed by atoms with E-state index >= 15 is 0 Å². The van der Waals surface area contributed by atoms with Crippen LogP contribution in [0.1, 0.15) is 44.9 Å². The van der Waals surface area contributed by atoms with E-state index in [-0.39, 0.29) is 24.4 Å². The van der Waals surface area contributed by atoms with Crippen molar-refractivity contribution in [2.24, 2.45) is 0 Å². The van der Waals surface area contributed by atoms with Crippen molar-refractivity contribution in [3.05, 3.63) is 0 Å². The summed E-state index contributed by atoms with van der Waals surface area (Å²) in [6.07, 6.45) is 8.26. The Morgan fingerprint density at radius 3 is 2.72 bits per heavy atom. The second kappa shape index (κ2) is 8.73. The van der Waals surface area contributed by atoms with Gasteiger partial charge >= 0.3 is 0 Å². The quantitative estimate of drug-likeness (QED) is 0.821. The number of halogens is 1. The topological polar surface area (TPSA) is 50.4 Å². The molecule has 2 fully saturated rings. The van der Waals surface area contributed by atoms with Gasteiger partial charge in [0.25, 0.3) is 0 Å². The number of nitrogens with one attached hydrogen (secondary N) is 2. The van der Waals surface area contributed by atoms with E-state index in [4.69, 9.17) is 4.74 Å². The second-order valence-corrected chi connectivity index (χ2v) is 5.07. The number of amides is 1. The number of hydrogen-bond acceptors (Lipinski definition) is 3. The molecule has 2 rings (SSSR count). The Balaban J connectivity index is 0.00000162. The highest BCUT2D eigenvalue weighted by Gasteiger charge is 2.20. The Bertz CT molecular complexity index is 239. The van der Waals surface area contributed by atoms with Crippen LogP contribution < -0.4 is 10.6 Å². The van der Waals surface area contributed by atoms with Crippen molar-refractivity contribution < 1.29 is 9.53 Å². The molecule has 2 aliphatic rings. The van der Waals surface area contributed by atoms with E-state index in [0.717, 1.165) is 45.4 Å². The van der Waals surface area contributed by atoms with Crippen molar-refractivity contribution in [3.8, 4) is 0 Å². The van der Waals surface area contributed by atoms with Gasteiger partial charge in [0, 0.05) is 13.2 Å². The maximum absolute atomic E-state index is 11.8. The minimum Gasteiger partial charge on any atom is -0.378 e. The minimum atomic E-state index is 0. The molecule has 2 N–H and O–H groups in total. The summed E-state index contributed by atoms with van der Waals surface area (Å²) in [7, 11) is 0. The van der Waals surface area contributed by atoms with Crippen LogP contribution in [0.25, 0.3) is 0 Å². The SMILES string of the molecule is Cl.O=C(NCCC1CCCCO1)C1CCCCN1. The highest BCUT2D eigenvalue weighted by atomic mass is 35.5. The van der Waals surface area contributed by atoms with Crippen molar-refractivity contribution in [3.63, 3.8) is 0 Å². The summed E-state index contributed by atoms with van der Waals surface area (Å²) in [5.41, 5.74) is 0. The van der Waals surface area contributed by atoms with Crippen LogP contribution in [0.15, 0.2) is 0 Å². The number of carbonyl (C=O) groups excluding carboxylic acids is 1. The zero-order valence-corrected chi connectivity index (χ0v) is 11.8. The lowest BCUT2D eigenvalue weighted by Crippen LogP contribution is -2.47. The van der Waals surface area contributed by atoms with Crippen molar-refractivity contribution in [1.29, 1.82) is 0 Å². The molecule has 106 valence electrons. The lowest BCUT2D eigenvalue weighted by atomic mass is 10.0. The van der Waals surface area contributed by atoms with Crippen molar-refractivity contribution in [1.82, 2.24) is 10.6 Å². The molecular weight excluding hydrogens is 252 g/mol. The number of rotatable bonds is 4. The summed E-state index contributed by atoms with van der Waals surface area (Å²) >= 11 is 0. The van der Waals surface area contributed by atoms with Gasteiger partial charge in [0.2, 0.25) is 5.91 Å². The smallest absolute Gasteiger partial charge is 0.237 e. The summed E-state index contributed by atoms with van der Waals surface area (Å²) in [6.45, 7) is 2.62. The van der Waals surface area contributed by atoms with Gasteiger partial charge in [-0.2, -0.15) is 0 Å². The molecule has 2 aliphatic heterocycles. The van der Waals surface area contributed by atoms with Gasteiger partial charge in [0.1, 0.15) is 0 Å². The van der Waals surface area contributed by atoms with E-state index < -0.39 is 0 Å². The lowest BCUT2D eigenvalue weighted by Gasteiger charge is -2.24. The van der Waals surface area contributed by atoms with Crippen LogP contribution in [0.3, 0.4) is 0 Å². The van der Waals surface area contributed by atoms with Crippen LogP contribution in [0.2, 0.25) is 0 Å². The molecule has 2 saturated heterocycles. The number of piperidine rings is 1. The van der Waals surface area contributed by atoms with E-state index in [0.29, 0.717) is 6.10 Å². The summed E-state index contributed by atoms with van der Waals surface area (Å²) in [5.74, 6) is 0.167. The molecule has 0 saturated carbocycles. The molecule has 4 nitrogen and oxygen atoms in total. The zero-order valence-electron chi connectivity index (χ0n) is 11.0. The molecular formula is C13H25ClN2O2. The fourth-order valence-electron chi connectivity index (χ4n) is 2.59. The first kappa shape index (κ1) is 15.7. The molecule has 1 amide bonds. The van der Waals surface area contributed by atoms with Crippen LogP contribution in [0, 0.1) is 0 Å². The van der Waals surface area contributed by atoms with Gasteiger partial charge in [-0.15, -0.1) is 12.4 Å². The fraction of sp³-hybridized carbons (Fsp3) is 0.923. The lowest BCUT2D eigenvalue weighted by molar-refractivity contribution is -0.123. The predicted molar refractivity (Wildman–Crippen MR) is 74.1 cm³/mol. The molecule has 0 bridgehead atoms. The Kier molecular flexibility index (Phi) is 7.63. The van der Waals surface area contributed by atoms with Crippen LogP contribution in [-0.4, -0.2) is 37.7 Å². The third-order valence-electron chi connectivity index (χ3n) is 3.67. The fourth-order valence-corrected chi connectivity index (χ4v) is 2.59. The molecule has 2 atom stereocenters. The highest BCUT2D eigenvalue weighted by Crippen LogP contribution is 2.15. The first-order valence-electron chi connectivity index (χ1n) is 6.99. The summed E-state index contributed by atoms with van der Waals surface area (Å²) < 4.78 is 5.64. The van der Waals surface area contributed by atoms with Crippen molar-refractivity contribution in [2.75, 3.05) is 19.7 Å². The van der Waals surface area contributed by atoms with Crippen LogP contribution in [0.4, 0.5) is 0 Å². The van der Waals surface area contributed by atoms with E-state index in [1.165, 1.54) is 19.3 Å². The minimum absolute atomic E-state index is 0. The van der Waals surface area contributed by atoms with Crippen LogP contribution >= 0.6 is 12.4 Å². The molecule has 0 aromatic heterocycles. The van der Waals surface area contributed by atoms with Gasteiger partial charge < -0.3 is 15.4 Å². The average molecular weight is 277 g/mol. The zero-order chi connectivity index (χ0) is 11.9. The molecule has 0 aliphatic carbocycles. The second-order valence-electron chi connectivity index (χ2n) is 5.07. The Hall–Kier alpha value is -0.320.